The van der Waals surface area contributed by atoms with Gasteiger partial charge >= 0.3 is 31.7 Å². The fourth-order valence-electron chi connectivity index (χ4n) is 2.82. The van der Waals surface area contributed by atoms with Crippen LogP contribution in [0.5, 0.6) is 0 Å². The molecule has 18 nitrogen and oxygen atoms in total. The number of H-pyrrole nitrogens is 1. The Hall–Kier alpha value is -1.91. The smallest absolute Gasteiger partial charge is 0.358 e. The molecule has 0 saturated carbocycles. The Bertz CT molecular complexity index is 925. The van der Waals surface area contributed by atoms with Crippen LogP contribution >= 0.6 is 26.1 Å². The Morgan fingerprint density at radius 1 is 1.11 bits per heavy atom. The molecule has 0 aliphatic carbocycles. The summed E-state index contributed by atoms with van der Waals surface area (Å²) in [6.07, 6.45) is 3.99. The van der Waals surface area contributed by atoms with Gasteiger partial charge in [-0.25, -0.2) is 32.9 Å². The lowest BCUT2D eigenvalue weighted by molar-refractivity contribution is -0.739. The lowest BCUT2D eigenvalue weighted by Gasteiger charge is -2.10. The molecular formula is C16H31N5O13P3+. The van der Waals surface area contributed by atoms with Gasteiger partial charge in [-0.1, -0.05) is 4.98 Å². The van der Waals surface area contributed by atoms with Crippen molar-refractivity contribution in [3.63, 3.8) is 0 Å². The van der Waals surface area contributed by atoms with E-state index in [0.29, 0.717) is 17.6 Å². The molecule has 0 unspecified atom stereocenters. The molecule has 2 atom stereocenters. The standard InChI is InChI=1S/C12H17N5O3.3CH3O3P.CH4O/c1-16-6-17(8-3-2-7(20-8)4-5-18)10-9(16)11(19)15-12(13)14-10;3*1-3-4-5-2;1-2/h6-8,18H,2-5H2,1H3,(H2-,13,14,15,19);3*1H3;2H,1H3/p+1/t7-,8+;;;;/m0..../s1. The summed E-state index contributed by atoms with van der Waals surface area (Å²) in [5.74, 6) is 0.0901. The molecule has 37 heavy (non-hydrogen) atoms. The van der Waals surface area contributed by atoms with Gasteiger partial charge in [0.1, 0.15) is 0 Å². The van der Waals surface area contributed by atoms with Gasteiger partial charge < -0.3 is 20.7 Å². The third kappa shape index (κ3) is 15.2. The van der Waals surface area contributed by atoms with Crippen LogP contribution in [0.25, 0.3) is 11.2 Å². The number of nitrogens with one attached hydrogen (secondary N) is 1. The van der Waals surface area contributed by atoms with Crippen molar-refractivity contribution in [3.8, 4) is 0 Å². The molecule has 1 aliphatic heterocycles. The van der Waals surface area contributed by atoms with Crippen LogP contribution in [0.4, 0.5) is 5.95 Å². The Balaban J connectivity index is 0. The molecule has 1 aliphatic rings. The number of nitrogens with two attached hydrogens (primary N) is 1. The van der Waals surface area contributed by atoms with Gasteiger partial charge in [-0.2, -0.15) is 0 Å². The van der Waals surface area contributed by atoms with Crippen molar-refractivity contribution >= 4 is 43.2 Å². The zero-order valence-electron chi connectivity index (χ0n) is 20.7. The quantitative estimate of drug-likeness (QED) is 0.138. The van der Waals surface area contributed by atoms with Gasteiger partial charge in [0.15, 0.2) is 12.6 Å². The molecule has 1 fully saturated rings. The Morgan fingerprint density at radius 2 is 1.62 bits per heavy atom. The van der Waals surface area contributed by atoms with E-state index in [1.807, 2.05) is 4.57 Å². The van der Waals surface area contributed by atoms with Crippen LogP contribution in [0.15, 0.2) is 11.1 Å². The lowest BCUT2D eigenvalue weighted by atomic mass is 10.2. The van der Waals surface area contributed by atoms with E-state index in [2.05, 4.69) is 38.7 Å². The zero-order chi connectivity index (χ0) is 28.6. The topological polar surface area (TPSA) is 237 Å². The molecule has 3 rings (SSSR count). The van der Waals surface area contributed by atoms with E-state index in [9.17, 15) is 4.79 Å². The number of aliphatic hydroxyl groups is 2. The largest absolute Gasteiger partial charge is 0.400 e. The summed E-state index contributed by atoms with van der Waals surface area (Å²) >= 11 is 0. The second-order valence-corrected chi connectivity index (χ2v) is 6.90. The first-order valence-electron chi connectivity index (χ1n) is 9.89. The lowest BCUT2D eigenvalue weighted by Crippen LogP contribution is -2.39. The first kappa shape index (κ1) is 37.2. The Morgan fingerprint density at radius 3 is 2.03 bits per heavy atom. The van der Waals surface area contributed by atoms with Crippen LogP contribution in [-0.4, -0.2) is 65.9 Å². The number of nitrogens with zero attached hydrogens (tertiary/aromatic N) is 3. The molecule has 2 aromatic rings. The average Bonchev–Trinajstić information content (AvgIpc) is 3.47. The van der Waals surface area contributed by atoms with E-state index < -0.39 is 26.1 Å². The normalized spacial score (nSPS) is 16.1. The number of aliphatic hydroxyl groups excluding tert-OH is 2. The summed E-state index contributed by atoms with van der Waals surface area (Å²) in [5.41, 5.74) is 6.33. The highest BCUT2D eigenvalue weighted by molar-refractivity contribution is 7.17. The van der Waals surface area contributed by atoms with Crippen molar-refractivity contribution in [1.29, 1.82) is 0 Å². The molecule has 5 N–H and O–H groups in total. The van der Waals surface area contributed by atoms with Gasteiger partial charge in [-0.05, 0) is 12.8 Å². The SMILES string of the molecule is CO.COOP=O.COOP=O.COOP=O.Cn1c[n+]([C@H]2CC[C@@H](CCO)O2)c2nc(N)[nH]c(=O)c21. The van der Waals surface area contributed by atoms with Crippen molar-refractivity contribution < 1.29 is 61.9 Å². The minimum Gasteiger partial charge on any atom is -0.400 e. The molecular weight excluding hydrogens is 563 g/mol. The molecule has 0 radical (unpaired) electrons. The van der Waals surface area contributed by atoms with Gasteiger partial charge in [-0.3, -0.25) is 14.3 Å². The first-order chi connectivity index (χ1) is 17.8. The van der Waals surface area contributed by atoms with E-state index in [0.717, 1.165) is 20.0 Å². The summed E-state index contributed by atoms with van der Waals surface area (Å²) in [4.78, 5) is 30.2. The van der Waals surface area contributed by atoms with Crippen molar-refractivity contribution in [2.75, 3.05) is 40.8 Å². The van der Waals surface area contributed by atoms with Crippen LogP contribution < -0.4 is 15.9 Å². The van der Waals surface area contributed by atoms with E-state index in [1.165, 1.54) is 21.3 Å². The Labute approximate surface area is 216 Å². The van der Waals surface area contributed by atoms with Gasteiger partial charge in [0.2, 0.25) is 5.52 Å². The monoisotopic (exact) mass is 594 g/mol. The number of aryl methyl sites for hydroxylation is 1. The highest BCUT2D eigenvalue weighted by Gasteiger charge is 2.32. The highest BCUT2D eigenvalue weighted by Crippen LogP contribution is 2.26. The zero-order valence-corrected chi connectivity index (χ0v) is 23.4. The maximum Gasteiger partial charge on any atom is 0.358 e. The summed E-state index contributed by atoms with van der Waals surface area (Å²) in [6, 6.07) is 0. The number of ether oxygens (including phenoxy) is 1. The summed E-state index contributed by atoms with van der Waals surface area (Å²) in [7, 11) is 5.30. The number of aromatic amines is 1. The summed E-state index contributed by atoms with van der Waals surface area (Å²) < 4.78 is 48.1. The number of anilines is 1. The number of imidazole rings is 1. The minimum absolute atomic E-state index is 0.0482. The molecule has 0 aromatic carbocycles. The molecule has 0 amide bonds. The number of rotatable bonds is 9. The molecule has 2 aromatic heterocycles. The highest BCUT2D eigenvalue weighted by atomic mass is 31.1. The maximum atomic E-state index is 11.9. The minimum atomic E-state index is -0.443. The predicted molar refractivity (Wildman–Crippen MR) is 126 cm³/mol. The van der Waals surface area contributed by atoms with E-state index >= 15 is 0 Å². The van der Waals surface area contributed by atoms with Crippen molar-refractivity contribution in [2.24, 2.45) is 7.05 Å². The van der Waals surface area contributed by atoms with Crippen LogP contribution in [-0.2, 0) is 54.2 Å². The second-order valence-electron chi connectivity index (χ2n) is 6.01. The average molecular weight is 594 g/mol. The fourth-order valence-corrected chi connectivity index (χ4v) is 3.00. The van der Waals surface area contributed by atoms with Crippen molar-refractivity contribution in [3.05, 3.63) is 16.7 Å². The number of hydrogen-bond donors (Lipinski definition) is 4. The molecule has 0 spiro atoms. The first-order valence-corrected chi connectivity index (χ1v) is 12.1. The van der Waals surface area contributed by atoms with Gasteiger partial charge in [0.25, 0.3) is 11.5 Å². The van der Waals surface area contributed by atoms with Gasteiger partial charge in [0.05, 0.1) is 34.5 Å². The molecule has 212 valence electrons. The Kier molecular flexibility index (Phi) is 24.6. The van der Waals surface area contributed by atoms with Crippen LogP contribution in [0, 0.1) is 0 Å². The van der Waals surface area contributed by atoms with E-state index in [4.69, 9.17) is 34.4 Å². The van der Waals surface area contributed by atoms with Gasteiger partial charge in [0, 0.05) is 20.1 Å². The molecule has 0 bridgehead atoms. The number of nitrogen functional groups attached to an aromatic ring is 1. The van der Waals surface area contributed by atoms with Gasteiger partial charge in [-0.15, -0.1) is 14.0 Å². The summed E-state index contributed by atoms with van der Waals surface area (Å²) in [6.45, 7) is 0.114. The number of fused-ring (bicyclic) bond motifs is 1. The number of aromatic nitrogens is 4. The van der Waals surface area contributed by atoms with Crippen molar-refractivity contribution in [1.82, 2.24) is 14.5 Å². The molecule has 3 heterocycles. The number of hydrogen-bond acceptors (Lipinski definition) is 15. The third-order valence-electron chi connectivity index (χ3n) is 3.95. The van der Waals surface area contributed by atoms with E-state index in [1.54, 1.807) is 17.9 Å². The van der Waals surface area contributed by atoms with Crippen LogP contribution in [0.2, 0.25) is 0 Å². The van der Waals surface area contributed by atoms with Crippen molar-refractivity contribution in [2.45, 2.75) is 31.6 Å². The fraction of sp³-hybridized carbons (Fsp3) is 0.688. The summed E-state index contributed by atoms with van der Waals surface area (Å²) in [5, 5.41) is 16.0. The predicted octanol–water partition coefficient (Wildman–Crippen LogP) is 1.11. The molecule has 21 heteroatoms. The second kappa shape index (κ2) is 24.4. The maximum absolute atomic E-state index is 11.9. The third-order valence-corrected chi connectivity index (χ3v) is 4.58. The van der Waals surface area contributed by atoms with E-state index in [-0.39, 0.29) is 30.4 Å². The molecule has 1 saturated heterocycles. The van der Waals surface area contributed by atoms with Crippen LogP contribution in [0.1, 0.15) is 25.5 Å². The van der Waals surface area contributed by atoms with Crippen LogP contribution in [0.3, 0.4) is 0 Å².